The van der Waals surface area contributed by atoms with Gasteiger partial charge in [-0.3, -0.25) is 19.5 Å². The summed E-state index contributed by atoms with van der Waals surface area (Å²) in [5.41, 5.74) is 2.94. The summed E-state index contributed by atoms with van der Waals surface area (Å²) < 4.78 is 54.5. The van der Waals surface area contributed by atoms with Crippen LogP contribution in [0.25, 0.3) is 0 Å². The van der Waals surface area contributed by atoms with Crippen LogP contribution in [-0.4, -0.2) is 277 Å². The van der Waals surface area contributed by atoms with Crippen molar-refractivity contribution in [2.75, 3.05) is 167 Å². The number of methoxy groups -OCH3 is 1. The van der Waals surface area contributed by atoms with Gasteiger partial charge in [-0.05, 0) is 205 Å². The average molecular weight is 1370 g/mol. The van der Waals surface area contributed by atoms with Crippen LogP contribution in [0, 0.1) is 11.8 Å². The van der Waals surface area contributed by atoms with E-state index in [0.717, 1.165) is 200 Å². The quantitative estimate of drug-likeness (QED) is 0.197. The second-order valence-corrected chi connectivity index (χ2v) is 32.1. The predicted molar refractivity (Wildman–Crippen MR) is 398 cm³/mol. The maximum absolute atomic E-state index is 15.3. The van der Waals surface area contributed by atoms with E-state index >= 15 is 4.79 Å². The molecule has 0 aromatic heterocycles. The van der Waals surface area contributed by atoms with E-state index in [9.17, 15) is 13.2 Å². The van der Waals surface area contributed by atoms with Gasteiger partial charge in [0.2, 0.25) is 5.91 Å². The molecule has 10 aliphatic rings. The Morgan fingerprint density at radius 2 is 1.38 bits per heavy atom. The topological polar surface area (TPSA) is 101 Å². The van der Waals surface area contributed by atoms with Crippen molar-refractivity contribution in [3.63, 3.8) is 0 Å². The third kappa shape index (κ3) is 23.6. The summed E-state index contributed by atoms with van der Waals surface area (Å²) in [5, 5.41) is 12.7. The minimum atomic E-state index is -4.50. The van der Waals surface area contributed by atoms with Crippen LogP contribution in [-0.2, 0) is 35.0 Å². The fourth-order valence-electron chi connectivity index (χ4n) is 18.0. The highest BCUT2D eigenvalue weighted by Gasteiger charge is 2.44. The summed E-state index contributed by atoms with van der Waals surface area (Å²) in [4.78, 5) is 38.8. The van der Waals surface area contributed by atoms with Crippen LogP contribution in [0.5, 0.6) is 5.75 Å². The molecule has 1 spiro atoms. The van der Waals surface area contributed by atoms with Gasteiger partial charge in [0.1, 0.15) is 5.75 Å². The van der Waals surface area contributed by atoms with Gasteiger partial charge in [0.25, 0.3) is 0 Å². The molecule has 6 bridgehead atoms. The number of amides is 1. The smallest absolute Gasteiger partial charge is 0.419 e. The van der Waals surface area contributed by atoms with Crippen LogP contribution in [0.3, 0.4) is 0 Å². The van der Waals surface area contributed by atoms with Gasteiger partial charge in [-0.2, -0.15) is 13.2 Å². The zero-order valence-corrected chi connectivity index (χ0v) is 63.1. The maximum atomic E-state index is 15.3. The van der Waals surface area contributed by atoms with Crippen LogP contribution in [0.4, 0.5) is 13.2 Å². The molecule has 3 N–H and O–H groups in total. The summed E-state index contributed by atoms with van der Waals surface area (Å²) >= 11 is 0. The number of nitrogens with one attached hydrogen (secondary N) is 3. The zero-order valence-electron chi connectivity index (χ0n) is 63.1. The lowest BCUT2D eigenvalue weighted by molar-refractivity contribution is -0.139. The number of carbonyl (C=O) groups is 1. The number of piperidine rings is 1. The summed E-state index contributed by atoms with van der Waals surface area (Å²) in [6.07, 6.45) is 26.9. The highest BCUT2D eigenvalue weighted by molar-refractivity contribution is 5.82. The molecule has 12 rings (SSSR count). The van der Waals surface area contributed by atoms with Crippen molar-refractivity contribution >= 4 is 5.91 Å². The Morgan fingerprint density at radius 3 is 2.10 bits per heavy atom. The van der Waals surface area contributed by atoms with Crippen molar-refractivity contribution in [2.24, 2.45) is 11.8 Å². The number of ether oxygens (including phenoxy) is 2. The summed E-state index contributed by atoms with van der Waals surface area (Å²) in [7, 11) is 15.4. The molecule has 1 amide bonds. The number of carbonyl (C=O) groups excluding carboxylic acids is 1. The molecule has 18 heteroatoms. The van der Waals surface area contributed by atoms with E-state index in [2.05, 4.69) is 160 Å². The van der Waals surface area contributed by atoms with Gasteiger partial charge < -0.3 is 54.8 Å². The van der Waals surface area contributed by atoms with Crippen LogP contribution in [0.15, 0.2) is 54.6 Å². The first-order valence-electron chi connectivity index (χ1n) is 39.6. The fourth-order valence-corrected chi connectivity index (χ4v) is 18.0. The van der Waals surface area contributed by atoms with Crippen LogP contribution in [0.1, 0.15) is 178 Å². The highest BCUT2D eigenvalue weighted by Crippen LogP contribution is 2.39. The number of likely N-dealkylation sites (N-methyl/N-ethyl adjacent to an activating group) is 6. The van der Waals surface area contributed by atoms with Gasteiger partial charge in [-0.25, -0.2) is 0 Å². The number of aryl methyl sites for hydroxylation is 2. The Balaban J connectivity index is 1.05. The number of alkyl halides is 3. The standard InChI is InChI=1S/C80H137F3N12O3/c1-11-62(3)74-59-88(5)48-49-90(7)69-30-19-15-22-45-94(57-69)71-50-64-33-31-63(32-34-64)26-17-13-14-18-29-68(53-85-74)89(6)46-39-75(78(96)93-43-23-16-24-44-93)91(8)60-76(66-27-20-21-28-66)92(9)61-79(40-25-41-79)86-54-70-52-72(98-12-2)58-95(70)55-67(84-42-47-87(4)56-71)37-35-65-36-38-73(80(81,82)83)77(51-65)97-10/h15,19,31-34,36,38,51,62,66-72,74-76,84-86H,11-14,16-18,20-30,35,37,39-50,52-61H2,1-10H3/b19-15-/t62-,67-,68-,69-,70-,71-,72+,74+,75-,76+/m0/s1. The average Bonchev–Trinajstić information content (AvgIpc) is 1.20. The number of halogens is 3. The molecule has 556 valence electrons. The van der Waals surface area contributed by atoms with Gasteiger partial charge in [0.15, 0.2) is 0 Å². The minimum Gasteiger partial charge on any atom is -0.496 e. The van der Waals surface area contributed by atoms with E-state index in [4.69, 9.17) is 9.47 Å². The van der Waals surface area contributed by atoms with Crippen molar-refractivity contribution in [2.45, 2.75) is 241 Å². The molecule has 0 radical (unpaired) electrons. The Morgan fingerprint density at radius 1 is 0.653 bits per heavy atom. The molecule has 11 atom stereocenters. The molecule has 8 heterocycles. The first-order valence-corrected chi connectivity index (χ1v) is 39.6. The third-order valence-electron chi connectivity index (χ3n) is 24.9. The molecule has 3 saturated heterocycles. The van der Waals surface area contributed by atoms with E-state index in [1.54, 1.807) is 12.1 Å². The Bertz CT molecular complexity index is 2640. The molecule has 2 aromatic carbocycles. The maximum Gasteiger partial charge on any atom is 0.419 e. The second kappa shape index (κ2) is 39.6. The monoisotopic (exact) mass is 1370 g/mol. The highest BCUT2D eigenvalue weighted by atomic mass is 19.4. The molecule has 15 nitrogen and oxygen atoms in total. The van der Waals surface area contributed by atoms with Crippen molar-refractivity contribution in [3.05, 3.63) is 76.9 Å². The molecule has 2 aliphatic carbocycles. The van der Waals surface area contributed by atoms with Crippen molar-refractivity contribution in [3.8, 4) is 5.75 Å². The number of hydrogen-bond donors (Lipinski definition) is 3. The van der Waals surface area contributed by atoms with Crippen molar-refractivity contribution in [1.29, 1.82) is 0 Å². The van der Waals surface area contributed by atoms with Gasteiger partial charge in [0.05, 0.1) is 24.8 Å². The summed E-state index contributed by atoms with van der Waals surface area (Å²) in [5.74, 6) is 1.33. The summed E-state index contributed by atoms with van der Waals surface area (Å²) in [6.45, 7) is 23.2. The number of rotatable bonds is 10. The first kappa shape index (κ1) is 78.9. The van der Waals surface area contributed by atoms with Crippen molar-refractivity contribution in [1.82, 2.24) is 60.0 Å². The molecular formula is C80H137F3N12O3. The third-order valence-corrected chi connectivity index (χ3v) is 24.9. The van der Waals surface area contributed by atoms with Gasteiger partial charge in [-0.15, -0.1) is 0 Å². The van der Waals surface area contributed by atoms with E-state index in [1.807, 2.05) is 0 Å². The Kier molecular flexibility index (Phi) is 31.9. The van der Waals surface area contributed by atoms with Gasteiger partial charge in [-0.1, -0.05) is 94.9 Å². The Hall–Kier alpha value is -3.24. The molecule has 2 saturated carbocycles. The molecule has 2 aromatic rings. The molecule has 5 fully saturated rings. The Labute approximate surface area is 593 Å². The zero-order chi connectivity index (χ0) is 69.6. The van der Waals surface area contributed by atoms with E-state index in [-0.39, 0.29) is 35.5 Å². The first-order chi connectivity index (χ1) is 47.3. The minimum absolute atomic E-state index is 0.00310. The SMILES string of the molecule is CCO[C@@H]1C[C@H]2CNC3(CCC3)CN(C)[C@@H](C3CCCC3)CN(C)[C@H](C(=O)N3CCCCC3)CCN(C)[C@H]3CCCCCCc4ccc(cc4)C[C@@H](CN(C)CCN[C@@H](CCc4ccc(C(F)(F)F)c(OC)c4)CN2C1)N1CC/C=C\C[C@@H](C1)N(C)CCN(C)C[C@H]([C@@H](C)CC)NC3. The number of hydrogen-bond acceptors (Lipinski definition) is 14. The lowest BCUT2D eigenvalue weighted by atomic mass is 9.75. The van der Waals surface area contributed by atoms with Gasteiger partial charge >= 0.3 is 6.18 Å². The van der Waals surface area contributed by atoms with Crippen LogP contribution in [0.2, 0.25) is 0 Å². The molecular weight excluding hydrogens is 1230 g/mol. The number of benzene rings is 2. The van der Waals surface area contributed by atoms with Crippen LogP contribution >= 0.6 is 0 Å². The predicted octanol–water partition coefficient (Wildman–Crippen LogP) is 11.0. The van der Waals surface area contributed by atoms with E-state index in [1.165, 1.54) is 88.5 Å². The summed E-state index contributed by atoms with van der Waals surface area (Å²) in [6, 6.07) is 16.0. The van der Waals surface area contributed by atoms with Crippen LogP contribution < -0.4 is 20.7 Å². The van der Waals surface area contributed by atoms with Crippen molar-refractivity contribution < 1.29 is 27.4 Å². The lowest BCUT2D eigenvalue weighted by Gasteiger charge is -2.49. The van der Waals surface area contributed by atoms with E-state index < -0.39 is 11.7 Å². The number of likely N-dealkylation sites (tertiary alicyclic amines) is 1. The van der Waals surface area contributed by atoms with Gasteiger partial charge in [0, 0.05) is 166 Å². The lowest BCUT2D eigenvalue weighted by Crippen LogP contribution is -2.62. The fraction of sp³-hybridized carbons (Fsp3) is 0.812. The second-order valence-electron chi connectivity index (χ2n) is 32.1. The molecule has 1 unspecified atom stereocenters. The largest absolute Gasteiger partial charge is 0.496 e. The molecule has 8 aliphatic heterocycles. The molecule has 98 heavy (non-hydrogen) atoms. The number of nitrogens with zero attached hydrogens (tertiary/aromatic N) is 9. The normalized spacial score (nSPS) is 31.3. The van der Waals surface area contributed by atoms with E-state index in [0.29, 0.717) is 61.0 Å².